The molecule has 0 amide bonds. The zero-order valence-corrected chi connectivity index (χ0v) is 10.1. The monoisotopic (exact) mass is 315 g/mol. The molecule has 2 aromatic rings. The van der Waals surface area contributed by atoms with Gasteiger partial charge in [-0.2, -0.15) is 10.2 Å². The highest BCUT2D eigenvalue weighted by atomic mass is 127. The summed E-state index contributed by atoms with van der Waals surface area (Å²) in [5.41, 5.74) is 0.929. The van der Waals surface area contributed by atoms with Crippen molar-refractivity contribution in [2.75, 3.05) is 0 Å². The second kappa shape index (κ2) is 5.22. The highest BCUT2D eigenvalue weighted by Gasteiger charge is 1.99. The average Bonchev–Trinajstić information content (AvgIpc) is 2.66. The van der Waals surface area contributed by atoms with Gasteiger partial charge in [-0.25, -0.2) is 0 Å². The standard InChI is InChI=1S/C10H10IN3O/c11-10-4-3-9(15-10)7-12-6-8-2-1-5-13-14-8/h1-5,12H,6-7H2. The topological polar surface area (TPSA) is 51.0 Å². The van der Waals surface area contributed by atoms with Crippen LogP contribution in [-0.4, -0.2) is 10.2 Å². The van der Waals surface area contributed by atoms with Gasteiger partial charge in [-0.3, -0.25) is 0 Å². The van der Waals surface area contributed by atoms with E-state index in [1.807, 2.05) is 24.3 Å². The molecule has 15 heavy (non-hydrogen) atoms. The number of furan rings is 1. The number of hydrogen-bond acceptors (Lipinski definition) is 4. The van der Waals surface area contributed by atoms with Crippen LogP contribution in [0.15, 0.2) is 34.9 Å². The average molecular weight is 315 g/mol. The molecule has 78 valence electrons. The summed E-state index contributed by atoms with van der Waals surface area (Å²) in [4.78, 5) is 0. The normalized spacial score (nSPS) is 10.5. The maximum atomic E-state index is 5.41. The summed E-state index contributed by atoms with van der Waals surface area (Å²) in [6, 6.07) is 7.72. The summed E-state index contributed by atoms with van der Waals surface area (Å²) in [6.45, 7) is 1.41. The Balaban J connectivity index is 1.80. The second-order valence-electron chi connectivity index (χ2n) is 3.02. The van der Waals surface area contributed by atoms with Gasteiger partial charge in [0.2, 0.25) is 0 Å². The number of nitrogens with one attached hydrogen (secondary N) is 1. The predicted octanol–water partition coefficient (Wildman–Crippen LogP) is 1.96. The molecule has 0 aromatic carbocycles. The van der Waals surface area contributed by atoms with Crippen molar-refractivity contribution in [3.63, 3.8) is 0 Å². The predicted molar refractivity (Wildman–Crippen MR) is 64.0 cm³/mol. The highest BCUT2D eigenvalue weighted by molar-refractivity contribution is 14.1. The Morgan fingerprint density at radius 3 is 2.87 bits per heavy atom. The van der Waals surface area contributed by atoms with Crippen LogP contribution in [0.3, 0.4) is 0 Å². The molecule has 0 radical (unpaired) electrons. The molecular weight excluding hydrogens is 305 g/mol. The molecule has 0 bridgehead atoms. The molecule has 0 aliphatic carbocycles. The largest absolute Gasteiger partial charge is 0.454 e. The zero-order valence-electron chi connectivity index (χ0n) is 7.98. The minimum atomic E-state index is 0.700. The Bertz CT molecular complexity index is 416. The van der Waals surface area contributed by atoms with E-state index in [-0.39, 0.29) is 0 Å². The van der Waals surface area contributed by atoms with Gasteiger partial charge in [-0.15, -0.1) is 0 Å². The maximum absolute atomic E-state index is 5.41. The van der Waals surface area contributed by atoms with E-state index in [1.54, 1.807) is 6.20 Å². The first-order chi connectivity index (χ1) is 7.34. The third-order valence-electron chi connectivity index (χ3n) is 1.86. The molecular formula is C10H10IN3O. The van der Waals surface area contributed by atoms with E-state index in [0.717, 1.165) is 15.2 Å². The lowest BCUT2D eigenvalue weighted by atomic mass is 10.4. The van der Waals surface area contributed by atoms with Gasteiger partial charge in [-0.1, -0.05) is 0 Å². The molecule has 0 saturated heterocycles. The molecule has 1 N–H and O–H groups in total. The number of rotatable bonds is 4. The van der Waals surface area contributed by atoms with Gasteiger partial charge in [0.1, 0.15) is 5.76 Å². The van der Waals surface area contributed by atoms with E-state index in [4.69, 9.17) is 4.42 Å². The molecule has 0 spiro atoms. The molecule has 2 rings (SSSR count). The molecule has 0 aliphatic heterocycles. The van der Waals surface area contributed by atoms with Crippen molar-refractivity contribution in [3.8, 4) is 0 Å². The summed E-state index contributed by atoms with van der Waals surface area (Å²) >= 11 is 2.15. The van der Waals surface area contributed by atoms with E-state index < -0.39 is 0 Å². The highest BCUT2D eigenvalue weighted by Crippen LogP contribution is 2.09. The first-order valence-corrected chi connectivity index (χ1v) is 5.64. The second-order valence-corrected chi connectivity index (χ2v) is 4.09. The maximum Gasteiger partial charge on any atom is 0.164 e. The Hall–Kier alpha value is -0.950. The fourth-order valence-corrected chi connectivity index (χ4v) is 1.65. The van der Waals surface area contributed by atoms with Crippen molar-refractivity contribution in [1.82, 2.24) is 15.5 Å². The van der Waals surface area contributed by atoms with Crippen molar-refractivity contribution < 1.29 is 4.42 Å². The van der Waals surface area contributed by atoms with Gasteiger partial charge >= 0.3 is 0 Å². The van der Waals surface area contributed by atoms with Gasteiger partial charge in [0.15, 0.2) is 3.77 Å². The Morgan fingerprint density at radius 1 is 1.27 bits per heavy atom. The molecule has 0 unspecified atom stereocenters. The number of nitrogens with zero attached hydrogens (tertiary/aromatic N) is 2. The Morgan fingerprint density at radius 2 is 2.20 bits per heavy atom. The quantitative estimate of drug-likeness (QED) is 0.877. The molecule has 2 heterocycles. The van der Waals surface area contributed by atoms with Crippen LogP contribution in [0, 0.1) is 3.77 Å². The van der Waals surface area contributed by atoms with Crippen LogP contribution in [0.5, 0.6) is 0 Å². The SMILES string of the molecule is Ic1ccc(CNCc2cccnn2)o1. The first kappa shape index (κ1) is 10.6. The third kappa shape index (κ3) is 3.28. The van der Waals surface area contributed by atoms with Crippen LogP contribution in [0.4, 0.5) is 0 Å². The van der Waals surface area contributed by atoms with Gasteiger partial charge in [0.05, 0.1) is 12.2 Å². The van der Waals surface area contributed by atoms with E-state index in [1.165, 1.54) is 0 Å². The summed E-state index contributed by atoms with van der Waals surface area (Å²) in [6.07, 6.45) is 1.67. The lowest BCUT2D eigenvalue weighted by Gasteiger charge is -2.00. The zero-order chi connectivity index (χ0) is 10.5. The smallest absolute Gasteiger partial charge is 0.164 e. The fourth-order valence-electron chi connectivity index (χ4n) is 1.19. The number of aromatic nitrogens is 2. The molecule has 0 atom stereocenters. The Kier molecular flexibility index (Phi) is 3.68. The van der Waals surface area contributed by atoms with Crippen molar-refractivity contribution >= 4 is 22.6 Å². The minimum absolute atomic E-state index is 0.700. The number of hydrogen-bond donors (Lipinski definition) is 1. The summed E-state index contributed by atoms with van der Waals surface area (Å²) < 4.78 is 6.32. The van der Waals surface area contributed by atoms with E-state index >= 15 is 0 Å². The third-order valence-corrected chi connectivity index (χ3v) is 2.44. The molecule has 0 saturated carbocycles. The van der Waals surface area contributed by atoms with Gasteiger partial charge in [0.25, 0.3) is 0 Å². The van der Waals surface area contributed by atoms with E-state index in [9.17, 15) is 0 Å². The Labute approximate surface area is 101 Å². The lowest BCUT2D eigenvalue weighted by molar-refractivity contribution is 0.461. The first-order valence-electron chi connectivity index (χ1n) is 4.56. The van der Waals surface area contributed by atoms with Crippen molar-refractivity contribution in [2.24, 2.45) is 0 Å². The van der Waals surface area contributed by atoms with Crippen LogP contribution < -0.4 is 5.32 Å². The number of halogens is 1. The van der Waals surface area contributed by atoms with Crippen molar-refractivity contribution in [3.05, 3.63) is 45.7 Å². The minimum Gasteiger partial charge on any atom is -0.454 e. The summed E-state index contributed by atoms with van der Waals surface area (Å²) in [7, 11) is 0. The van der Waals surface area contributed by atoms with Crippen molar-refractivity contribution in [1.29, 1.82) is 0 Å². The van der Waals surface area contributed by atoms with Crippen LogP contribution >= 0.6 is 22.6 Å². The molecule has 0 aliphatic rings. The molecule has 5 heteroatoms. The molecule has 0 fully saturated rings. The van der Waals surface area contributed by atoms with Gasteiger partial charge in [0, 0.05) is 12.7 Å². The molecule has 4 nitrogen and oxygen atoms in total. The van der Waals surface area contributed by atoms with Crippen LogP contribution in [-0.2, 0) is 13.1 Å². The van der Waals surface area contributed by atoms with Crippen LogP contribution in [0.25, 0.3) is 0 Å². The summed E-state index contributed by atoms with van der Waals surface area (Å²) in [5, 5.41) is 11.0. The van der Waals surface area contributed by atoms with E-state index in [0.29, 0.717) is 13.1 Å². The van der Waals surface area contributed by atoms with E-state index in [2.05, 4.69) is 38.1 Å². The van der Waals surface area contributed by atoms with Gasteiger partial charge < -0.3 is 9.73 Å². The molecule has 2 aromatic heterocycles. The fraction of sp³-hybridized carbons (Fsp3) is 0.200. The van der Waals surface area contributed by atoms with Gasteiger partial charge in [-0.05, 0) is 46.9 Å². The summed E-state index contributed by atoms with van der Waals surface area (Å²) in [5.74, 6) is 0.934. The van der Waals surface area contributed by atoms with Crippen molar-refractivity contribution in [2.45, 2.75) is 13.1 Å². The lowest BCUT2D eigenvalue weighted by Crippen LogP contribution is -2.13. The van der Waals surface area contributed by atoms with Crippen LogP contribution in [0.1, 0.15) is 11.5 Å². The van der Waals surface area contributed by atoms with Crippen LogP contribution in [0.2, 0.25) is 0 Å².